The van der Waals surface area contributed by atoms with Crippen LogP contribution in [0.5, 0.6) is 0 Å². The van der Waals surface area contributed by atoms with Crippen LogP contribution in [0.1, 0.15) is 17.5 Å². The Hall–Kier alpha value is -5.08. The Bertz CT molecular complexity index is 2400. The van der Waals surface area contributed by atoms with Crippen LogP contribution in [0.25, 0.3) is 88.5 Å². The molecule has 10 rings (SSSR count). The van der Waals surface area contributed by atoms with Gasteiger partial charge in [0.05, 0.1) is 22.1 Å². The van der Waals surface area contributed by atoms with E-state index in [0.717, 1.165) is 24.0 Å². The number of hydrogen-bond donors (Lipinski definition) is 0. The van der Waals surface area contributed by atoms with Gasteiger partial charge in [-0.25, -0.2) is 0 Å². The van der Waals surface area contributed by atoms with E-state index in [1.54, 1.807) is 0 Å². The van der Waals surface area contributed by atoms with Gasteiger partial charge in [0.2, 0.25) is 0 Å². The normalized spacial score (nSPS) is 13.7. The highest BCUT2D eigenvalue weighted by molar-refractivity contribution is 6.28. The van der Waals surface area contributed by atoms with Crippen molar-refractivity contribution >= 4 is 60.6 Å². The fourth-order valence-corrected chi connectivity index (χ4v) is 7.63. The van der Waals surface area contributed by atoms with Crippen molar-refractivity contribution in [2.75, 3.05) is 0 Å². The molecule has 6 aromatic carbocycles. The van der Waals surface area contributed by atoms with Crippen molar-refractivity contribution in [3.63, 3.8) is 0 Å². The monoisotopic (exact) mass is 509 g/mol. The average molecular weight is 510 g/mol. The maximum atomic E-state index is 6.66. The van der Waals surface area contributed by atoms with Crippen LogP contribution in [0.15, 0.2) is 114 Å². The molecular weight excluding hydrogens is 486 g/mol. The molecule has 0 saturated carbocycles. The Morgan fingerprint density at radius 1 is 0.575 bits per heavy atom. The highest BCUT2D eigenvalue weighted by Crippen LogP contribution is 2.51. The van der Waals surface area contributed by atoms with Crippen molar-refractivity contribution in [3.8, 4) is 27.9 Å². The van der Waals surface area contributed by atoms with Crippen LogP contribution in [0.4, 0.5) is 0 Å². The van der Waals surface area contributed by atoms with E-state index in [4.69, 9.17) is 4.42 Å². The van der Waals surface area contributed by atoms with Crippen LogP contribution >= 0.6 is 0 Å². The van der Waals surface area contributed by atoms with E-state index in [1.807, 2.05) is 0 Å². The number of aryl methyl sites for hydroxylation is 1. The van der Waals surface area contributed by atoms with Gasteiger partial charge in [-0.15, -0.1) is 0 Å². The number of furan rings is 1. The smallest absolute Gasteiger partial charge is 0.145 e. The molecule has 8 aromatic rings. The molecule has 0 fully saturated rings. The molecule has 2 nitrogen and oxygen atoms in total. The van der Waals surface area contributed by atoms with E-state index >= 15 is 0 Å². The third-order valence-corrected chi connectivity index (χ3v) is 9.19. The minimum atomic E-state index is 0.943. The Labute approximate surface area is 230 Å². The van der Waals surface area contributed by atoms with Crippen LogP contribution in [0.2, 0.25) is 0 Å². The molecule has 2 heterocycles. The number of fused-ring (bicyclic) bond motifs is 13. The molecule has 2 aliphatic carbocycles. The van der Waals surface area contributed by atoms with E-state index in [1.165, 1.54) is 82.4 Å². The van der Waals surface area contributed by atoms with Crippen LogP contribution in [0, 0.1) is 0 Å². The molecule has 2 aromatic heterocycles. The molecule has 2 aliphatic rings. The van der Waals surface area contributed by atoms with Gasteiger partial charge in [-0.2, -0.15) is 0 Å². The highest BCUT2D eigenvalue weighted by atomic mass is 16.3. The minimum absolute atomic E-state index is 0.943. The van der Waals surface area contributed by atoms with Crippen molar-refractivity contribution < 1.29 is 4.42 Å². The van der Waals surface area contributed by atoms with Gasteiger partial charge in [-0.1, -0.05) is 97.1 Å². The molecule has 0 amide bonds. The molecule has 0 bridgehead atoms. The number of hydrogen-bond acceptors (Lipinski definition) is 1. The fourth-order valence-electron chi connectivity index (χ4n) is 7.63. The second-order valence-electron chi connectivity index (χ2n) is 11.1. The van der Waals surface area contributed by atoms with Crippen molar-refractivity contribution in [1.82, 2.24) is 4.57 Å². The van der Waals surface area contributed by atoms with Gasteiger partial charge < -0.3 is 8.98 Å². The number of benzene rings is 6. The Kier molecular flexibility index (Phi) is 3.81. The molecule has 0 spiro atoms. The first kappa shape index (κ1) is 20.8. The summed E-state index contributed by atoms with van der Waals surface area (Å²) in [6.45, 7) is 0. The van der Waals surface area contributed by atoms with Gasteiger partial charge in [0.25, 0.3) is 0 Å². The van der Waals surface area contributed by atoms with Gasteiger partial charge in [-0.3, -0.25) is 0 Å². The highest BCUT2D eigenvalue weighted by Gasteiger charge is 2.28. The van der Waals surface area contributed by atoms with Crippen molar-refractivity contribution in [2.24, 2.45) is 0 Å². The molecule has 0 radical (unpaired) electrons. The van der Waals surface area contributed by atoms with Crippen LogP contribution in [0.3, 0.4) is 0 Å². The van der Waals surface area contributed by atoms with Gasteiger partial charge >= 0.3 is 0 Å². The molecule has 0 unspecified atom stereocenters. The largest absolute Gasteiger partial charge is 0.455 e. The topological polar surface area (TPSA) is 18.1 Å². The van der Waals surface area contributed by atoms with Crippen LogP contribution < -0.4 is 0 Å². The van der Waals surface area contributed by atoms with E-state index in [0.29, 0.717) is 0 Å². The predicted molar refractivity (Wildman–Crippen MR) is 167 cm³/mol. The zero-order valence-electron chi connectivity index (χ0n) is 21.7. The van der Waals surface area contributed by atoms with E-state index < -0.39 is 0 Å². The molecular formula is C38H23NO. The number of para-hydroxylation sites is 2. The minimum Gasteiger partial charge on any atom is -0.455 e. The molecule has 40 heavy (non-hydrogen) atoms. The summed E-state index contributed by atoms with van der Waals surface area (Å²) in [6, 6.07) is 37.7. The quantitative estimate of drug-likeness (QED) is 0.215. The maximum Gasteiger partial charge on any atom is 0.145 e. The first-order chi connectivity index (χ1) is 19.9. The van der Waals surface area contributed by atoms with E-state index in [-0.39, 0.29) is 0 Å². The van der Waals surface area contributed by atoms with E-state index in [2.05, 4.69) is 120 Å². The second-order valence-corrected chi connectivity index (χ2v) is 11.1. The van der Waals surface area contributed by atoms with Gasteiger partial charge in [0, 0.05) is 27.1 Å². The van der Waals surface area contributed by atoms with Gasteiger partial charge in [0.1, 0.15) is 11.2 Å². The first-order valence-corrected chi connectivity index (χ1v) is 14.1. The van der Waals surface area contributed by atoms with Gasteiger partial charge in [0.15, 0.2) is 0 Å². The molecule has 0 atom stereocenters. The standard InChI is InChI=1S/C38H23NO/c1-2-11-23-22(10-1)24-16-9-17-28-32(21-20-26(23)34(24)28)39-31-18-7-5-14-29(31)35-25-12-3-4-13-27(25)38-36(37(35)39)30-15-6-8-19-33(30)40-38/h1-2,4-11,13-21H,3,12H2. The summed E-state index contributed by atoms with van der Waals surface area (Å²) in [5.74, 6) is 0. The zero-order chi connectivity index (χ0) is 25.9. The number of aromatic nitrogens is 1. The average Bonchev–Trinajstić information content (AvgIpc) is 3.67. The predicted octanol–water partition coefficient (Wildman–Crippen LogP) is 10.4. The fraction of sp³-hybridized carbons (Fsp3) is 0.0526. The summed E-state index contributed by atoms with van der Waals surface area (Å²) in [5, 5.41) is 7.68. The van der Waals surface area contributed by atoms with Crippen LogP contribution in [-0.2, 0) is 6.42 Å². The Morgan fingerprint density at radius 3 is 2.20 bits per heavy atom. The van der Waals surface area contributed by atoms with Gasteiger partial charge in [-0.05, 0) is 64.2 Å². The van der Waals surface area contributed by atoms with Crippen molar-refractivity contribution in [1.29, 1.82) is 0 Å². The summed E-state index contributed by atoms with van der Waals surface area (Å²) < 4.78 is 9.19. The first-order valence-electron chi connectivity index (χ1n) is 14.1. The molecule has 0 saturated heterocycles. The van der Waals surface area contributed by atoms with Crippen LogP contribution in [-0.4, -0.2) is 4.57 Å². The molecule has 0 aliphatic heterocycles. The second kappa shape index (κ2) is 7.31. The van der Waals surface area contributed by atoms with Crippen molar-refractivity contribution in [3.05, 3.63) is 120 Å². The lowest BCUT2D eigenvalue weighted by Gasteiger charge is -2.16. The SMILES string of the molecule is C1=Cc2c(c3c4ccccc4n(-c4ccc5c6c(cccc46)-c4ccccc4-5)c3c3c2oc2ccccc23)CC1. The molecule has 0 N–H and O–H groups in total. The summed E-state index contributed by atoms with van der Waals surface area (Å²) in [6.07, 6.45) is 6.64. The third kappa shape index (κ3) is 2.41. The maximum absolute atomic E-state index is 6.66. The Morgan fingerprint density at radius 2 is 1.30 bits per heavy atom. The lowest BCUT2D eigenvalue weighted by molar-refractivity contribution is 0.667. The zero-order valence-corrected chi connectivity index (χ0v) is 21.7. The van der Waals surface area contributed by atoms with Crippen molar-refractivity contribution in [2.45, 2.75) is 12.8 Å². The lowest BCUT2D eigenvalue weighted by atomic mass is 9.90. The summed E-state index contributed by atoms with van der Waals surface area (Å²) in [7, 11) is 0. The summed E-state index contributed by atoms with van der Waals surface area (Å²) in [5.41, 5.74) is 13.6. The number of nitrogens with zero attached hydrogens (tertiary/aromatic N) is 1. The number of allylic oxidation sites excluding steroid dienone is 1. The lowest BCUT2D eigenvalue weighted by Crippen LogP contribution is -1.99. The summed E-state index contributed by atoms with van der Waals surface area (Å²) in [4.78, 5) is 0. The Balaban J connectivity index is 1.47. The third-order valence-electron chi connectivity index (χ3n) is 9.19. The number of rotatable bonds is 1. The summed E-state index contributed by atoms with van der Waals surface area (Å²) >= 11 is 0. The van der Waals surface area contributed by atoms with E-state index in [9.17, 15) is 0 Å². The molecule has 186 valence electrons. The molecule has 2 heteroatoms.